The maximum atomic E-state index is 12.7. The zero-order valence-electron chi connectivity index (χ0n) is 14.1. The molecule has 2 aliphatic rings. The lowest BCUT2D eigenvalue weighted by Gasteiger charge is -2.37. The summed E-state index contributed by atoms with van der Waals surface area (Å²) in [6.07, 6.45) is 5.67. The number of nitrogens with one attached hydrogen (secondary N) is 1. The highest BCUT2D eigenvalue weighted by atomic mass is 16.5. The van der Waals surface area contributed by atoms with Crippen LogP contribution in [-0.4, -0.2) is 48.1 Å². The lowest BCUT2D eigenvalue weighted by Crippen LogP contribution is -2.46. The van der Waals surface area contributed by atoms with Gasteiger partial charge >= 0.3 is 0 Å². The van der Waals surface area contributed by atoms with Gasteiger partial charge in [0.15, 0.2) is 0 Å². The summed E-state index contributed by atoms with van der Waals surface area (Å²) in [4.78, 5) is 19.3. The van der Waals surface area contributed by atoms with E-state index in [1.165, 1.54) is 5.56 Å². The van der Waals surface area contributed by atoms with E-state index in [0.717, 1.165) is 45.7 Å². The van der Waals surface area contributed by atoms with Crippen molar-refractivity contribution in [2.24, 2.45) is 11.3 Å². The van der Waals surface area contributed by atoms with Crippen LogP contribution in [0.4, 0.5) is 0 Å². The van der Waals surface area contributed by atoms with E-state index in [2.05, 4.69) is 21.3 Å². The second-order valence-corrected chi connectivity index (χ2v) is 7.22. The second kappa shape index (κ2) is 6.97. The maximum Gasteiger partial charge on any atom is 0.225 e. The van der Waals surface area contributed by atoms with E-state index in [-0.39, 0.29) is 23.3 Å². The Morgan fingerprint density at radius 3 is 2.91 bits per heavy atom. The molecule has 5 heteroatoms. The van der Waals surface area contributed by atoms with Gasteiger partial charge in [0.05, 0.1) is 5.92 Å². The SMILES string of the molecule is CC(C)NC(=O)[C@H]1CN(Cc2cccnc2)CC12CCOCC2. The Labute approximate surface area is 138 Å². The molecule has 1 atom stereocenters. The summed E-state index contributed by atoms with van der Waals surface area (Å²) >= 11 is 0. The first-order chi connectivity index (χ1) is 11.1. The van der Waals surface area contributed by atoms with Crippen molar-refractivity contribution in [3.63, 3.8) is 0 Å². The molecule has 1 aromatic rings. The summed E-state index contributed by atoms with van der Waals surface area (Å²) in [6, 6.07) is 4.26. The van der Waals surface area contributed by atoms with Gasteiger partial charge < -0.3 is 10.1 Å². The highest BCUT2D eigenvalue weighted by molar-refractivity contribution is 5.80. The van der Waals surface area contributed by atoms with Gasteiger partial charge in [0.2, 0.25) is 5.91 Å². The Morgan fingerprint density at radius 2 is 2.26 bits per heavy atom. The van der Waals surface area contributed by atoms with Crippen LogP contribution < -0.4 is 5.32 Å². The summed E-state index contributed by atoms with van der Waals surface area (Å²) in [5.41, 5.74) is 1.28. The number of likely N-dealkylation sites (tertiary alicyclic amines) is 1. The molecule has 1 aromatic heterocycles. The van der Waals surface area contributed by atoms with Crippen LogP contribution in [0.5, 0.6) is 0 Å². The summed E-state index contributed by atoms with van der Waals surface area (Å²) in [5.74, 6) is 0.265. The number of pyridine rings is 1. The van der Waals surface area contributed by atoms with Gasteiger partial charge in [-0.05, 0) is 38.3 Å². The van der Waals surface area contributed by atoms with Crippen LogP contribution >= 0.6 is 0 Å². The van der Waals surface area contributed by atoms with Crippen molar-refractivity contribution >= 4 is 5.91 Å². The molecule has 2 saturated heterocycles. The lowest BCUT2D eigenvalue weighted by atomic mass is 9.71. The minimum Gasteiger partial charge on any atom is -0.381 e. The number of aromatic nitrogens is 1. The number of ether oxygens (including phenoxy) is 1. The topological polar surface area (TPSA) is 54.5 Å². The molecule has 2 fully saturated rings. The van der Waals surface area contributed by atoms with Crippen LogP contribution in [0.2, 0.25) is 0 Å². The zero-order valence-corrected chi connectivity index (χ0v) is 14.1. The maximum absolute atomic E-state index is 12.7. The highest BCUT2D eigenvalue weighted by Gasteiger charge is 2.50. The van der Waals surface area contributed by atoms with Gasteiger partial charge in [-0.3, -0.25) is 14.7 Å². The molecule has 1 amide bonds. The lowest BCUT2D eigenvalue weighted by molar-refractivity contribution is -0.130. The second-order valence-electron chi connectivity index (χ2n) is 7.22. The summed E-state index contributed by atoms with van der Waals surface area (Å²) in [5, 5.41) is 3.12. The van der Waals surface area contributed by atoms with Gasteiger partial charge in [0.1, 0.15) is 0 Å². The van der Waals surface area contributed by atoms with Gasteiger partial charge in [-0.25, -0.2) is 0 Å². The number of hydrogen-bond donors (Lipinski definition) is 1. The van der Waals surface area contributed by atoms with Crippen LogP contribution in [0.15, 0.2) is 24.5 Å². The Balaban J connectivity index is 1.74. The van der Waals surface area contributed by atoms with Crippen LogP contribution in [-0.2, 0) is 16.1 Å². The Bertz CT molecular complexity index is 526. The molecule has 1 spiro atoms. The first kappa shape index (κ1) is 16.4. The Kier molecular flexibility index (Phi) is 4.97. The van der Waals surface area contributed by atoms with Crippen LogP contribution in [0.3, 0.4) is 0 Å². The van der Waals surface area contributed by atoms with Crippen molar-refractivity contribution in [1.29, 1.82) is 0 Å². The molecule has 0 aliphatic carbocycles. The number of carbonyl (C=O) groups is 1. The normalized spacial score (nSPS) is 24.2. The smallest absolute Gasteiger partial charge is 0.225 e. The van der Waals surface area contributed by atoms with Gasteiger partial charge in [-0.1, -0.05) is 6.07 Å². The molecular formula is C18H27N3O2. The molecule has 2 aliphatic heterocycles. The molecule has 0 radical (unpaired) electrons. The van der Waals surface area contributed by atoms with Crippen molar-refractivity contribution in [3.8, 4) is 0 Å². The number of amides is 1. The highest BCUT2D eigenvalue weighted by Crippen LogP contribution is 2.44. The van der Waals surface area contributed by atoms with Gasteiger partial charge in [0, 0.05) is 56.7 Å². The van der Waals surface area contributed by atoms with E-state index in [1.54, 1.807) is 6.20 Å². The van der Waals surface area contributed by atoms with E-state index in [9.17, 15) is 4.79 Å². The van der Waals surface area contributed by atoms with Crippen molar-refractivity contribution in [2.45, 2.75) is 39.3 Å². The van der Waals surface area contributed by atoms with Gasteiger partial charge in [0.25, 0.3) is 0 Å². The van der Waals surface area contributed by atoms with Crippen molar-refractivity contribution in [3.05, 3.63) is 30.1 Å². The number of carbonyl (C=O) groups excluding carboxylic acids is 1. The van der Waals surface area contributed by atoms with Crippen LogP contribution in [0, 0.1) is 11.3 Å². The third-order valence-electron chi connectivity index (χ3n) is 5.08. The minimum absolute atomic E-state index is 0.0606. The van der Waals surface area contributed by atoms with E-state index in [4.69, 9.17) is 4.74 Å². The van der Waals surface area contributed by atoms with E-state index >= 15 is 0 Å². The molecule has 0 bridgehead atoms. The fraction of sp³-hybridized carbons (Fsp3) is 0.667. The molecule has 0 aromatic carbocycles. The van der Waals surface area contributed by atoms with Crippen molar-refractivity contribution < 1.29 is 9.53 Å². The third kappa shape index (κ3) is 3.72. The summed E-state index contributed by atoms with van der Waals surface area (Å²) in [7, 11) is 0. The standard InChI is InChI=1S/C18H27N3O2/c1-14(2)20-17(22)16-12-21(11-15-4-3-7-19-10-15)13-18(16)5-8-23-9-6-18/h3-4,7,10,14,16H,5-6,8-9,11-13H2,1-2H3,(H,20,22)/t16-/m1/s1. The Hall–Kier alpha value is -1.46. The predicted molar refractivity (Wildman–Crippen MR) is 88.8 cm³/mol. The van der Waals surface area contributed by atoms with E-state index in [1.807, 2.05) is 26.1 Å². The molecule has 5 nitrogen and oxygen atoms in total. The molecule has 23 heavy (non-hydrogen) atoms. The number of nitrogens with zero attached hydrogens (tertiary/aromatic N) is 2. The summed E-state index contributed by atoms with van der Waals surface area (Å²) < 4.78 is 5.56. The monoisotopic (exact) mass is 317 g/mol. The quantitative estimate of drug-likeness (QED) is 0.920. The molecule has 1 N–H and O–H groups in total. The first-order valence-corrected chi connectivity index (χ1v) is 8.58. The van der Waals surface area contributed by atoms with Crippen LogP contribution in [0.25, 0.3) is 0 Å². The fourth-order valence-electron chi connectivity index (χ4n) is 3.97. The van der Waals surface area contributed by atoms with E-state index < -0.39 is 0 Å². The average Bonchev–Trinajstić information content (AvgIpc) is 2.86. The molecule has 0 unspecified atom stereocenters. The molecule has 3 rings (SSSR count). The summed E-state index contributed by atoms with van der Waals surface area (Å²) in [6.45, 7) is 8.25. The first-order valence-electron chi connectivity index (χ1n) is 8.58. The zero-order chi connectivity index (χ0) is 16.3. The molecule has 126 valence electrons. The average molecular weight is 317 g/mol. The largest absolute Gasteiger partial charge is 0.381 e. The predicted octanol–water partition coefficient (Wildman–Crippen LogP) is 1.83. The van der Waals surface area contributed by atoms with E-state index in [0.29, 0.717) is 0 Å². The van der Waals surface area contributed by atoms with Crippen LogP contribution in [0.1, 0.15) is 32.3 Å². The molecule has 3 heterocycles. The molecular weight excluding hydrogens is 290 g/mol. The van der Waals surface area contributed by atoms with Crippen molar-refractivity contribution in [2.75, 3.05) is 26.3 Å². The number of hydrogen-bond acceptors (Lipinski definition) is 4. The third-order valence-corrected chi connectivity index (χ3v) is 5.08. The fourth-order valence-corrected chi connectivity index (χ4v) is 3.97. The number of rotatable bonds is 4. The van der Waals surface area contributed by atoms with Crippen molar-refractivity contribution in [1.82, 2.24) is 15.2 Å². The molecule has 0 saturated carbocycles. The van der Waals surface area contributed by atoms with Gasteiger partial charge in [-0.15, -0.1) is 0 Å². The van der Waals surface area contributed by atoms with Gasteiger partial charge in [-0.2, -0.15) is 0 Å². The minimum atomic E-state index is 0.0606. The Morgan fingerprint density at radius 1 is 1.48 bits per heavy atom.